The van der Waals surface area contributed by atoms with Crippen molar-refractivity contribution < 1.29 is 14.4 Å². The maximum Gasteiger partial charge on any atom is 0.348 e. The highest BCUT2D eigenvalue weighted by molar-refractivity contribution is 5.80. The van der Waals surface area contributed by atoms with Gasteiger partial charge in [-0.1, -0.05) is 6.58 Å². The zero-order chi connectivity index (χ0) is 7.82. The topological polar surface area (TPSA) is 47.6 Å². The van der Waals surface area contributed by atoms with Crippen LogP contribution in [-0.2, 0) is 14.4 Å². The largest absolute Gasteiger partial charge is 0.383 e. The molecule has 0 aromatic carbocycles. The summed E-state index contributed by atoms with van der Waals surface area (Å²) in [7, 11) is 1.57. The summed E-state index contributed by atoms with van der Waals surface area (Å²) < 4.78 is 4.68. The molecule has 0 amide bonds. The van der Waals surface area contributed by atoms with Crippen LogP contribution in [-0.4, -0.2) is 26.2 Å². The summed E-state index contributed by atoms with van der Waals surface area (Å²) in [5, 5.41) is 0. The lowest BCUT2D eigenvalue weighted by Crippen LogP contribution is -2.22. The van der Waals surface area contributed by atoms with E-state index in [0.29, 0.717) is 13.2 Å². The van der Waals surface area contributed by atoms with Crippen molar-refractivity contribution in [2.24, 2.45) is 0 Å². The van der Waals surface area contributed by atoms with E-state index in [2.05, 4.69) is 21.6 Å². The average molecular weight is 145 g/mol. The SMILES string of the molecule is C=CC(=O)ONCCOC. The summed E-state index contributed by atoms with van der Waals surface area (Å²) in [6.45, 7) is 4.20. The lowest BCUT2D eigenvalue weighted by molar-refractivity contribution is -0.145. The van der Waals surface area contributed by atoms with Crippen molar-refractivity contribution in [3.63, 3.8) is 0 Å². The molecular weight excluding hydrogens is 134 g/mol. The number of carbonyl (C=O) groups excluding carboxylic acids is 1. The maximum absolute atomic E-state index is 10.3. The molecule has 1 N–H and O–H groups in total. The van der Waals surface area contributed by atoms with E-state index in [1.165, 1.54) is 0 Å². The molecular formula is C6H11NO3. The molecule has 0 aliphatic carbocycles. The van der Waals surface area contributed by atoms with E-state index < -0.39 is 5.97 Å². The number of methoxy groups -OCH3 is 1. The molecule has 4 heteroatoms. The minimum absolute atomic E-state index is 0.482. The Morgan fingerprint density at radius 2 is 2.50 bits per heavy atom. The highest BCUT2D eigenvalue weighted by Gasteiger charge is 1.91. The first-order valence-corrected chi connectivity index (χ1v) is 2.86. The predicted octanol–water partition coefficient (Wildman–Crippen LogP) is -0.133. The van der Waals surface area contributed by atoms with Crippen LogP contribution in [0.3, 0.4) is 0 Å². The average Bonchev–Trinajstić information content (AvgIpc) is 1.98. The van der Waals surface area contributed by atoms with Crippen molar-refractivity contribution in [2.45, 2.75) is 0 Å². The van der Waals surface area contributed by atoms with Gasteiger partial charge in [-0.05, 0) is 0 Å². The Bertz CT molecular complexity index is 114. The molecule has 0 heterocycles. The van der Waals surface area contributed by atoms with Gasteiger partial charge < -0.3 is 9.57 Å². The number of hydrogen-bond acceptors (Lipinski definition) is 4. The van der Waals surface area contributed by atoms with Crippen LogP contribution in [0.1, 0.15) is 0 Å². The number of rotatable bonds is 5. The van der Waals surface area contributed by atoms with Gasteiger partial charge in [-0.25, -0.2) is 4.79 Å². The molecule has 0 aliphatic rings. The molecule has 0 unspecified atom stereocenters. The molecule has 0 aromatic heterocycles. The van der Waals surface area contributed by atoms with Crippen molar-refractivity contribution in [3.8, 4) is 0 Å². The lowest BCUT2D eigenvalue weighted by Gasteiger charge is -2.00. The Morgan fingerprint density at radius 1 is 1.80 bits per heavy atom. The maximum atomic E-state index is 10.3. The van der Waals surface area contributed by atoms with Gasteiger partial charge in [0.2, 0.25) is 0 Å². The number of hydrogen-bond donors (Lipinski definition) is 1. The minimum Gasteiger partial charge on any atom is -0.383 e. The highest BCUT2D eigenvalue weighted by Crippen LogP contribution is 1.72. The molecule has 0 radical (unpaired) electrons. The quantitative estimate of drug-likeness (QED) is 0.332. The van der Waals surface area contributed by atoms with Gasteiger partial charge in [0, 0.05) is 13.2 Å². The second kappa shape index (κ2) is 6.25. The molecule has 4 nitrogen and oxygen atoms in total. The van der Waals surface area contributed by atoms with E-state index in [1.54, 1.807) is 7.11 Å². The smallest absolute Gasteiger partial charge is 0.348 e. The van der Waals surface area contributed by atoms with E-state index in [9.17, 15) is 4.79 Å². The second-order valence-electron chi connectivity index (χ2n) is 1.51. The molecule has 0 saturated heterocycles. The van der Waals surface area contributed by atoms with Crippen LogP contribution in [0.4, 0.5) is 0 Å². The molecule has 0 bridgehead atoms. The highest BCUT2D eigenvalue weighted by atomic mass is 16.7. The summed E-state index contributed by atoms with van der Waals surface area (Å²) in [5.41, 5.74) is 2.39. The van der Waals surface area contributed by atoms with Gasteiger partial charge in [0.15, 0.2) is 0 Å². The fourth-order valence-electron chi connectivity index (χ4n) is 0.308. The molecule has 10 heavy (non-hydrogen) atoms. The van der Waals surface area contributed by atoms with Crippen LogP contribution in [0.5, 0.6) is 0 Å². The van der Waals surface area contributed by atoms with Crippen molar-refractivity contribution in [2.75, 3.05) is 20.3 Å². The monoisotopic (exact) mass is 145 g/mol. The van der Waals surface area contributed by atoms with E-state index in [-0.39, 0.29) is 0 Å². The summed E-state index contributed by atoms with van der Waals surface area (Å²) in [6.07, 6.45) is 1.08. The fourth-order valence-corrected chi connectivity index (χ4v) is 0.308. The standard InChI is InChI=1S/C6H11NO3/c1-3-6(8)10-7-4-5-9-2/h3,7H,1,4-5H2,2H3. The Kier molecular flexibility index (Phi) is 5.71. The third-order valence-electron chi connectivity index (χ3n) is 0.748. The third kappa shape index (κ3) is 5.27. The zero-order valence-electron chi connectivity index (χ0n) is 5.92. The van der Waals surface area contributed by atoms with Crippen LogP contribution in [0.25, 0.3) is 0 Å². The summed E-state index contributed by atoms with van der Waals surface area (Å²) in [6, 6.07) is 0. The lowest BCUT2D eigenvalue weighted by atomic mass is 10.7. The van der Waals surface area contributed by atoms with Gasteiger partial charge in [0.1, 0.15) is 0 Å². The first-order valence-electron chi connectivity index (χ1n) is 2.86. The van der Waals surface area contributed by atoms with Crippen LogP contribution < -0.4 is 5.48 Å². The molecule has 0 atom stereocenters. The summed E-state index contributed by atoms with van der Waals surface area (Å²) >= 11 is 0. The molecule has 0 saturated carbocycles. The Labute approximate surface area is 59.8 Å². The van der Waals surface area contributed by atoms with Gasteiger partial charge in [0.25, 0.3) is 0 Å². The minimum atomic E-state index is -0.490. The summed E-state index contributed by atoms with van der Waals surface area (Å²) in [5.74, 6) is -0.490. The van der Waals surface area contributed by atoms with Gasteiger partial charge in [-0.15, -0.1) is 0 Å². The van der Waals surface area contributed by atoms with Crippen molar-refractivity contribution in [3.05, 3.63) is 12.7 Å². The molecule has 0 fully saturated rings. The van der Waals surface area contributed by atoms with Crippen LogP contribution in [0.15, 0.2) is 12.7 Å². The van der Waals surface area contributed by atoms with Crippen molar-refractivity contribution in [1.82, 2.24) is 5.48 Å². The third-order valence-corrected chi connectivity index (χ3v) is 0.748. The summed E-state index contributed by atoms with van der Waals surface area (Å²) in [4.78, 5) is 14.7. The van der Waals surface area contributed by atoms with Crippen LogP contribution in [0.2, 0.25) is 0 Å². The fraction of sp³-hybridized carbons (Fsp3) is 0.500. The van der Waals surface area contributed by atoms with E-state index in [4.69, 9.17) is 0 Å². The van der Waals surface area contributed by atoms with E-state index >= 15 is 0 Å². The van der Waals surface area contributed by atoms with Gasteiger partial charge >= 0.3 is 5.97 Å². The van der Waals surface area contributed by atoms with Crippen molar-refractivity contribution in [1.29, 1.82) is 0 Å². The number of hydroxylamine groups is 1. The zero-order valence-corrected chi connectivity index (χ0v) is 5.92. The van der Waals surface area contributed by atoms with E-state index in [0.717, 1.165) is 6.08 Å². The Hall–Kier alpha value is -0.870. The molecule has 58 valence electrons. The van der Waals surface area contributed by atoms with Gasteiger partial charge in [-0.3, -0.25) is 0 Å². The predicted molar refractivity (Wildman–Crippen MR) is 36.2 cm³/mol. The van der Waals surface area contributed by atoms with Gasteiger partial charge in [0.05, 0.1) is 13.2 Å². The normalized spacial score (nSPS) is 8.90. The van der Waals surface area contributed by atoms with Crippen LogP contribution in [0, 0.1) is 0 Å². The first-order chi connectivity index (χ1) is 4.81. The first kappa shape index (κ1) is 9.13. The molecule has 0 rings (SSSR count). The Morgan fingerprint density at radius 3 is 3.00 bits per heavy atom. The number of nitrogens with one attached hydrogen (secondary N) is 1. The second-order valence-corrected chi connectivity index (χ2v) is 1.51. The molecule has 0 aliphatic heterocycles. The van der Waals surface area contributed by atoms with Crippen molar-refractivity contribution >= 4 is 5.97 Å². The van der Waals surface area contributed by atoms with Gasteiger partial charge in [-0.2, -0.15) is 5.48 Å². The molecule has 0 spiro atoms. The molecule has 0 aromatic rings. The van der Waals surface area contributed by atoms with E-state index in [1.807, 2.05) is 0 Å². The Balaban J connectivity index is 3.03. The number of ether oxygens (including phenoxy) is 1. The number of carbonyl (C=O) groups is 1. The van der Waals surface area contributed by atoms with Crippen LogP contribution >= 0.6 is 0 Å².